The van der Waals surface area contributed by atoms with Gasteiger partial charge in [-0.2, -0.15) is 5.10 Å². The monoisotopic (exact) mass is 346 g/mol. The van der Waals surface area contributed by atoms with Gasteiger partial charge >= 0.3 is 0 Å². The summed E-state index contributed by atoms with van der Waals surface area (Å²) < 4.78 is 7.97. The molecule has 0 fully saturated rings. The fourth-order valence-electron chi connectivity index (χ4n) is 2.40. The maximum atomic E-state index is 6.00. The van der Waals surface area contributed by atoms with Crippen molar-refractivity contribution in [1.82, 2.24) is 14.9 Å². The number of hydrogen-bond donors (Lipinski definition) is 1. The van der Waals surface area contributed by atoms with Crippen LogP contribution in [0.1, 0.15) is 12.6 Å². The molecule has 0 radical (unpaired) electrons. The van der Waals surface area contributed by atoms with Crippen molar-refractivity contribution < 1.29 is 4.52 Å². The van der Waals surface area contributed by atoms with Crippen LogP contribution in [0.4, 0.5) is 5.88 Å². The number of nitrogens with two attached hydrogens (primary N) is 1. The van der Waals surface area contributed by atoms with Crippen LogP contribution < -0.4 is 5.73 Å². The molecule has 3 aromatic rings. The summed E-state index contributed by atoms with van der Waals surface area (Å²) in [5.41, 5.74) is 10.4. The zero-order valence-corrected chi connectivity index (χ0v) is 13.4. The van der Waals surface area contributed by atoms with Crippen LogP contribution in [-0.4, -0.2) is 14.9 Å². The van der Waals surface area contributed by atoms with E-state index >= 15 is 0 Å². The Morgan fingerprint density at radius 3 is 2.76 bits per heavy atom. The van der Waals surface area contributed by atoms with Crippen LogP contribution in [0.5, 0.6) is 0 Å². The van der Waals surface area contributed by atoms with Crippen molar-refractivity contribution in [1.29, 1.82) is 0 Å². The van der Waals surface area contributed by atoms with Gasteiger partial charge in [-0.15, -0.1) is 0 Å². The Kier molecular flexibility index (Phi) is 3.55. The van der Waals surface area contributed by atoms with Gasteiger partial charge in [0.05, 0.1) is 11.3 Å². The van der Waals surface area contributed by atoms with Crippen molar-refractivity contribution in [3.63, 3.8) is 0 Å². The highest BCUT2D eigenvalue weighted by Crippen LogP contribution is 2.40. The van der Waals surface area contributed by atoms with Crippen LogP contribution in [0.3, 0.4) is 0 Å². The molecule has 0 aliphatic rings. The largest absolute Gasteiger partial charge is 0.367 e. The number of benzene rings is 1. The molecule has 6 heteroatoms. The summed E-state index contributed by atoms with van der Waals surface area (Å²) in [7, 11) is 1.89. The molecule has 0 bridgehead atoms. The first-order valence-corrected chi connectivity index (χ1v) is 7.44. The van der Waals surface area contributed by atoms with E-state index < -0.39 is 0 Å². The highest BCUT2D eigenvalue weighted by molar-refractivity contribution is 9.10. The molecule has 0 atom stereocenters. The van der Waals surface area contributed by atoms with Crippen molar-refractivity contribution in [2.24, 2.45) is 7.05 Å². The van der Waals surface area contributed by atoms with Crippen LogP contribution in [0.2, 0.25) is 0 Å². The van der Waals surface area contributed by atoms with E-state index in [-0.39, 0.29) is 0 Å². The molecule has 2 N–H and O–H groups in total. The predicted octanol–water partition coefficient (Wildman–Crippen LogP) is 3.65. The van der Waals surface area contributed by atoms with E-state index in [4.69, 9.17) is 10.3 Å². The standard InChI is InChI=1S/C15H15BrN4O/c1-3-12-10(8-20(2)18-12)14-13(15(17)21-19-14)9-6-4-5-7-11(9)16/h4-8H,3,17H2,1-2H3. The van der Waals surface area contributed by atoms with E-state index in [1.54, 1.807) is 4.68 Å². The van der Waals surface area contributed by atoms with E-state index in [1.165, 1.54) is 0 Å². The number of aryl methyl sites for hydroxylation is 2. The highest BCUT2D eigenvalue weighted by Gasteiger charge is 2.22. The number of hydrogen-bond acceptors (Lipinski definition) is 4. The van der Waals surface area contributed by atoms with E-state index in [2.05, 4.69) is 33.1 Å². The minimum absolute atomic E-state index is 0.308. The van der Waals surface area contributed by atoms with Gasteiger partial charge in [0.1, 0.15) is 5.69 Å². The molecule has 0 spiro atoms. The normalized spacial score (nSPS) is 11.0. The molecule has 1 aromatic carbocycles. The minimum atomic E-state index is 0.308. The zero-order chi connectivity index (χ0) is 15.0. The van der Waals surface area contributed by atoms with Gasteiger partial charge in [0, 0.05) is 28.8 Å². The Labute approximate surface area is 130 Å². The van der Waals surface area contributed by atoms with Crippen LogP contribution in [0, 0.1) is 0 Å². The fourth-order valence-corrected chi connectivity index (χ4v) is 2.89. The SMILES string of the molecule is CCc1nn(C)cc1-c1noc(N)c1-c1ccccc1Br. The van der Waals surface area contributed by atoms with Gasteiger partial charge in [0.25, 0.3) is 0 Å². The van der Waals surface area contributed by atoms with Crippen LogP contribution in [-0.2, 0) is 13.5 Å². The summed E-state index contributed by atoms with van der Waals surface area (Å²) in [6.45, 7) is 2.06. The number of halogens is 1. The quantitative estimate of drug-likeness (QED) is 0.785. The Hall–Kier alpha value is -2.08. The van der Waals surface area contributed by atoms with Crippen LogP contribution in [0.25, 0.3) is 22.4 Å². The van der Waals surface area contributed by atoms with E-state index in [9.17, 15) is 0 Å². The lowest BCUT2D eigenvalue weighted by Gasteiger charge is -2.04. The van der Waals surface area contributed by atoms with Crippen LogP contribution in [0.15, 0.2) is 39.5 Å². The van der Waals surface area contributed by atoms with Gasteiger partial charge in [-0.3, -0.25) is 4.68 Å². The van der Waals surface area contributed by atoms with Gasteiger partial charge in [0.2, 0.25) is 5.88 Å². The molecule has 0 amide bonds. The average molecular weight is 347 g/mol. The number of nitrogen functional groups attached to an aromatic ring is 1. The second-order valence-corrected chi connectivity index (χ2v) is 5.62. The average Bonchev–Trinajstić information content (AvgIpc) is 3.02. The first kappa shape index (κ1) is 13.9. The van der Waals surface area contributed by atoms with Gasteiger partial charge in [-0.25, -0.2) is 0 Å². The topological polar surface area (TPSA) is 69.9 Å². The summed E-state index contributed by atoms with van der Waals surface area (Å²) in [6.07, 6.45) is 2.76. The number of anilines is 1. The Bertz CT molecular complexity index is 791. The second-order valence-electron chi connectivity index (χ2n) is 4.77. The fraction of sp³-hybridized carbons (Fsp3) is 0.200. The first-order valence-electron chi connectivity index (χ1n) is 6.64. The predicted molar refractivity (Wildman–Crippen MR) is 85.6 cm³/mol. The molecule has 0 aliphatic carbocycles. The Balaban J connectivity index is 2.25. The number of nitrogens with zero attached hydrogens (tertiary/aromatic N) is 3. The lowest BCUT2D eigenvalue weighted by atomic mass is 10.0. The summed E-state index contributed by atoms with van der Waals surface area (Å²) in [6, 6.07) is 7.87. The molecule has 108 valence electrons. The van der Waals surface area contributed by atoms with Crippen LogP contribution >= 0.6 is 15.9 Å². The van der Waals surface area contributed by atoms with Crippen molar-refractivity contribution in [3.05, 3.63) is 40.6 Å². The lowest BCUT2D eigenvalue weighted by molar-refractivity contribution is 0.439. The number of rotatable bonds is 3. The maximum Gasteiger partial charge on any atom is 0.230 e. The Morgan fingerprint density at radius 2 is 2.05 bits per heavy atom. The third-order valence-corrected chi connectivity index (χ3v) is 4.05. The molecular weight excluding hydrogens is 332 g/mol. The summed E-state index contributed by atoms with van der Waals surface area (Å²) >= 11 is 3.55. The van der Waals surface area contributed by atoms with Crippen molar-refractivity contribution in [2.75, 3.05) is 5.73 Å². The third-order valence-electron chi connectivity index (χ3n) is 3.36. The molecule has 2 heterocycles. The molecule has 0 unspecified atom stereocenters. The first-order chi connectivity index (χ1) is 10.1. The molecule has 2 aromatic heterocycles. The molecule has 0 aliphatic heterocycles. The van der Waals surface area contributed by atoms with E-state index in [1.807, 2.05) is 37.5 Å². The van der Waals surface area contributed by atoms with Gasteiger partial charge in [-0.1, -0.05) is 46.2 Å². The molecule has 0 saturated heterocycles. The number of aromatic nitrogens is 3. The maximum absolute atomic E-state index is 6.00. The molecular formula is C15H15BrN4O. The van der Waals surface area contributed by atoms with Gasteiger partial charge in [-0.05, 0) is 12.5 Å². The lowest BCUT2D eigenvalue weighted by Crippen LogP contribution is -1.91. The summed E-state index contributed by atoms with van der Waals surface area (Å²) in [5, 5.41) is 8.61. The summed E-state index contributed by atoms with van der Waals surface area (Å²) in [5.74, 6) is 0.308. The molecule has 0 saturated carbocycles. The second kappa shape index (κ2) is 5.37. The van der Waals surface area contributed by atoms with Crippen molar-refractivity contribution >= 4 is 21.8 Å². The summed E-state index contributed by atoms with van der Waals surface area (Å²) in [4.78, 5) is 0. The minimum Gasteiger partial charge on any atom is -0.367 e. The van der Waals surface area contributed by atoms with E-state index in [0.717, 1.165) is 39.0 Å². The molecule has 3 rings (SSSR count). The van der Waals surface area contributed by atoms with Gasteiger partial charge in [0.15, 0.2) is 0 Å². The Morgan fingerprint density at radius 1 is 1.29 bits per heavy atom. The van der Waals surface area contributed by atoms with Gasteiger partial charge < -0.3 is 10.3 Å². The highest BCUT2D eigenvalue weighted by atomic mass is 79.9. The van der Waals surface area contributed by atoms with Crippen molar-refractivity contribution in [3.8, 4) is 22.4 Å². The smallest absolute Gasteiger partial charge is 0.230 e. The molecule has 5 nitrogen and oxygen atoms in total. The third kappa shape index (κ3) is 2.35. The molecule has 21 heavy (non-hydrogen) atoms. The van der Waals surface area contributed by atoms with E-state index in [0.29, 0.717) is 5.88 Å². The van der Waals surface area contributed by atoms with Crippen molar-refractivity contribution in [2.45, 2.75) is 13.3 Å². The zero-order valence-electron chi connectivity index (χ0n) is 11.8.